The van der Waals surface area contributed by atoms with Gasteiger partial charge in [0.2, 0.25) is 0 Å². The van der Waals surface area contributed by atoms with Crippen LogP contribution in [-0.4, -0.2) is 12.6 Å². The maximum Gasteiger partial charge on any atom is 0.126 e. The molecule has 0 saturated heterocycles. The van der Waals surface area contributed by atoms with Gasteiger partial charge in [-0.15, -0.1) is 0 Å². The monoisotopic (exact) mass is 263 g/mol. The Morgan fingerprint density at radius 1 is 1.26 bits per heavy atom. The van der Waals surface area contributed by atoms with E-state index in [-0.39, 0.29) is 5.82 Å². The van der Waals surface area contributed by atoms with Gasteiger partial charge in [0.1, 0.15) is 5.82 Å². The van der Waals surface area contributed by atoms with Crippen LogP contribution in [0.1, 0.15) is 52.0 Å². The molecule has 2 rings (SSSR count). The molecule has 0 aliphatic heterocycles. The molecule has 1 saturated carbocycles. The first-order chi connectivity index (χ1) is 8.90. The third-order valence-corrected chi connectivity index (χ3v) is 4.89. The summed E-state index contributed by atoms with van der Waals surface area (Å²) in [5.41, 5.74) is 1.21. The van der Waals surface area contributed by atoms with Crippen molar-refractivity contribution in [1.82, 2.24) is 5.32 Å². The average Bonchev–Trinajstić information content (AvgIpc) is 2.29. The molecule has 1 fully saturated rings. The lowest BCUT2D eigenvalue weighted by molar-refractivity contribution is 0.196. The Labute approximate surface area is 116 Å². The first kappa shape index (κ1) is 14.5. The first-order valence-corrected chi connectivity index (χ1v) is 7.38. The zero-order valence-electron chi connectivity index (χ0n) is 12.5. The van der Waals surface area contributed by atoms with E-state index in [9.17, 15) is 4.39 Å². The SMILES string of the molecule is CC(C)C(C)(C)CNC1CC(c2ccccc2F)C1. The fraction of sp³-hybridized carbons (Fsp3) is 0.647. The molecule has 1 aromatic carbocycles. The molecule has 0 spiro atoms. The summed E-state index contributed by atoms with van der Waals surface area (Å²) in [7, 11) is 0. The van der Waals surface area contributed by atoms with Crippen molar-refractivity contribution < 1.29 is 4.39 Å². The molecule has 2 heteroatoms. The van der Waals surface area contributed by atoms with Gasteiger partial charge in [-0.05, 0) is 41.7 Å². The Balaban J connectivity index is 1.80. The standard InChI is InChI=1S/C17H26FN/c1-12(2)17(3,4)11-19-14-9-13(10-14)15-7-5-6-8-16(15)18/h5-8,12-14,19H,9-11H2,1-4H3. The Morgan fingerprint density at radius 2 is 1.89 bits per heavy atom. The van der Waals surface area contributed by atoms with Gasteiger partial charge in [-0.2, -0.15) is 0 Å². The molecule has 1 nitrogen and oxygen atoms in total. The van der Waals surface area contributed by atoms with Gasteiger partial charge >= 0.3 is 0 Å². The maximum absolute atomic E-state index is 13.6. The van der Waals surface area contributed by atoms with Crippen LogP contribution in [0.15, 0.2) is 24.3 Å². The maximum atomic E-state index is 13.6. The average molecular weight is 263 g/mol. The smallest absolute Gasteiger partial charge is 0.126 e. The van der Waals surface area contributed by atoms with Gasteiger partial charge in [-0.3, -0.25) is 0 Å². The van der Waals surface area contributed by atoms with Gasteiger partial charge in [0.25, 0.3) is 0 Å². The van der Waals surface area contributed by atoms with Crippen LogP contribution in [0.4, 0.5) is 4.39 Å². The van der Waals surface area contributed by atoms with E-state index < -0.39 is 0 Å². The second-order valence-corrected chi connectivity index (χ2v) is 6.91. The Bertz CT molecular complexity index is 419. The molecule has 0 bridgehead atoms. The summed E-state index contributed by atoms with van der Waals surface area (Å²) >= 11 is 0. The lowest BCUT2D eigenvalue weighted by Crippen LogP contribution is -2.45. The highest BCUT2D eigenvalue weighted by Crippen LogP contribution is 2.38. The number of hydrogen-bond acceptors (Lipinski definition) is 1. The number of hydrogen-bond donors (Lipinski definition) is 1. The van der Waals surface area contributed by atoms with Crippen LogP contribution in [0.25, 0.3) is 0 Å². The van der Waals surface area contributed by atoms with Crippen molar-refractivity contribution >= 4 is 0 Å². The number of rotatable bonds is 5. The summed E-state index contributed by atoms with van der Waals surface area (Å²) < 4.78 is 13.6. The quantitative estimate of drug-likeness (QED) is 0.833. The molecule has 1 N–H and O–H groups in total. The molecular weight excluding hydrogens is 237 g/mol. The molecule has 1 aliphatic rings. The van der Waals surface area contributed by atoms with E-state index in [1.54, 1.807) is 12.1 Å². The minimum absolute atomic E-state index is 0.0477. The second kappa shape index (κ2) is 5.62. The van der Waals surface area contributed by atoms with Crippen molar-refractivity contribution in [1.29, 1.82) is 0 Å². The number of benzene rings is 1. The summed E-state index contributed by atoms with van der Waals surface area (Å²) in [6, 6.07) is 7.74. The molecule has 0 atom stereocenters. The Kier molecular flexibility index (Phi) is 4.29. The number of nitrogens with one attached hydrogen (secondary N) is 1. The van der Waals surface area contributed by atoms with Gasteiger partial charge in [0.05, 0.1) is 0 Å². The van der Waals surface area contributed by atoms with Gasteiger partial charge in [0, 0.05) is 12.6 Å². The van der Waals surface area contributed by atoms with Gasteiger partial charge in [-0.1, -0.05) is 45.9 Å². The predicted octanol–water partition coefficient (Wildman–Crippen LogP) is 4.34. The third-order valence-electron chi connectivity index (χ3n) is 4.89. The van der Waals surface area contributed by atoms with E-state index in [0.29, 0.717) is 23.3 Å². The van der Waals surface area contributed by atoms with Crippen molar-refractivity contribution in [2.24, 2.45) is 11.3 Å². The first-order valence-electron chi connectivity index (χ1n) is 7.38. The second-order valence-electron chi connectivity index (χ2n) is 6.91. The van der Waals surface area contributed by atoms with Crippen molar-refractivity contribution in [3.8, 4) is 0 Å². The van der Waals surface area contributed by atoms with Crippen LogP contribution in [0.3, 0.4) is 0 Å². The highest BCUT2D eigenvalue weighted by atomic mass is 19.1. The summed E-state index contributed by atoms with van der Waals surface area (Å²) in [4.78, 5) is 0. The summed E-state index contributed by atoms with van der Waals surface area (Å²) in [6.07, 6.45) is 2.13. The lowest BCUT2D eigenvalue weighted by atomic mass is 9.74. The Hall–Kier alpha value is -0.890. The molecule has 0 unspecified atom stereocenters. The normalized spacial score (nSPS) is 23.5. The van der Waals surface area contributed by atoms with Crippen LogP contribution in [-0.2, 0) is 0 Å². The fourth-order valence-corrected chi connectivity index (χ4v) is 2.46. The van der Waals surface area contributed by atoms with Gasteiger partial charge in [0.15, 0.2) is 0 Å². The van der Waals surface area contributed by atoms with Crippen LogP contribution in [0, 0.1) is 17.2 Å². The largest absolute Gasteiger partial charge is 0.313 e. The molecular formula is C17H26FN. The zero-order valence-corrected chi connectivity index (χ0v) is 12.5. The van der Waals surface area contributed by atoms with E-state index >= 15 is 0 Å². The molecule has 106 valence electrons. The van der Waals surface area contributed by atoms with E-state index in [1.165, 1.54) is 0 Å². The topological polar surface area (TPSA) is 12.0 Å². The zero-order chi connectivity index (χ0) is 14.0. The highest BCUT2D eigenvalue weighted by Gasteiger charge is 2.33. The molecule has 0 aromatic heterocycles. The number of halogens is 1. The van der Waals surface area contributed by atoms with Crippen molar-refractivity contribution in [3.05, 3.63) is 35.6 Å². The molecule has 0 radical (unpaired) electrons. The predicted molar refractivity (Wildman–Crippen MR) is 78.8 cm³/mol. The third kappa shape index (κ3) is 3.36. The molecule has 1 aromatic rings. The molecule has 1 aliphatic carbocycles. The fourth-order valence-electron chi connectivity index (χ4n) is 2.46. The van der Waals surface area contributed by atoms with Crippen molar-refractivity contribution in [3.63, 3.8) is 0 Å². The van der Waals surface area contributed by atoms with Crippen LogP contribution in [0.2, 0.25) is 0 Å². The van der Waals surface area contributed by atoms with Crippen molar-refractivity contribution in [2.45, 2.75) is 52.5 Å². The molecule has 19 heavy (non-hydrogen) atoms. The summed E-state index contributed by atoms with van der Waals surface area (Å²) in [5, 5.41) is 3.64. The van der Waals surface area contributed by atoms with E-state index in [0.717, 1.165) is 24.9 Å². The molecule has 0 amide bonds. The van der Waals surface area contributed by atoms with Gasteiger partial charge < -0.3 is 5.32 Å². The van der Waals surface area contributed by atoms with Crippen LogP contribution < -0.4 is 5.32 Å². The van der Waals surface area contributed by atoms with Crippen LogP contribution >= 0.6 is 0 Å². The molecule has 0 heterocycles. The van der Waals surface area contributed by atoms with Crippen molar-refractivity contribution in [2.75, 3.05) is 6.54 Å². The van der Waals surface area contributed by atoms with E-state index in [4.69, 9.17) is 0 Å². The van der Waals surface area contributed by atoms with E-state index in [1.807, 2.05) is 12.1 Å². The van der Waals surface area contributed by atoms with E-state index in [2.05, 4.69) is 33.0 Å². The van der Waals surface area contributed by atoms with Gasteiger partial charge in [-0.25, -0.2) is 4.39 Å². The minimum Gasteiger partial charge on any atom is -0.313 e. The summed E-state index contributed by atoms with van der Waals surface area (Å²) in [6.45, 7) is 10.2. The minimum atomic E-state index is -0.0477. The Morgan fingerprint density at radius 3 is 2.47 bits per heavy atom. The van der Waals surface area contributed by atoms with Crippen LogP contribution in [0.5, 0.6) is 0 Å². The lowest BCUT2D eigenvalue weighted by Gasteiger charge is -2.39. The highest BCUT2D eigenvalue weighted by molar-refractivity contribution is 5.24. The summed E-state index contributed by atoms with van der Waals surface area (Å²) in [5.74, 6) is 1.02.